The molecule has 3 heteroatoms. The predicted octanol–water partition coefficient (Wildman–Crippen LogP) is 4.65. The number of hydrogen-bond acceptors (Lipinski definition) is 2. The SMILES string of the molecule is CC(=C=CCCNC(=O)OCc1ccccc1)Cc1ccccc1. The molecule has 0 spiro atoms. The average Bonchev–Trinajstić information content (AvgIpc) is 2.61. The highest BCUT2D eigenvalue weighted by Gasteiger charge is 2.00. The molecule has 0 unspecified atom stereocenters. The largest absolute Gasteiger partial charge is 0.445 e. The van der Waals surface area contributed by atoms with Gasteiger partial charge in [0.25, 0.3) is 0 Å². The molecule has 0 radical (unpaired) electrons. The van der Waals surface area contributed by atoms with Crippen molar-refractivity contribution in [3.8, 4) is 0 Å². The Morgan fingerprint density at radius 1 is 1.04 bits per heavy atom. The number of alkyl carbamates (subject to hydrolysis) is 1. The second-order valence-electron chi connectivity index (χ2n) is 5.57. The molecule has 2 aromatic rings. The maximum atomic E-state index is 11.6. The number of ether oxygens (including phenoxy) is 1. The van der Waals surface area contributed by atoms with Crippen LogP contribution in [-0.2, 0) is 17.8 Å². The number of benzene rings is 2. The second kappa shape index (κ2) is 10.1. The van der Waals surface area contributed by atoms with Gasteiger partial charge < -0.3 is 10.1 Å². The van der Waals surface area contributed by atoms with Crippen LogP contribution in [0.15, 0.2) is 78.0 Å². The molecule has 1 amide bonds. The van der Waals surface area contributed by atoms with Crippen LogP contribution in [0.4, 0.5) is 4.79 Å². The highest BCUT2D eigenvalue weighted by Crippen LogP contribution is 2.05. The standard InChI is InChI=1S/C21H23NO2/c1-18(16-19-11-4-2-5-12-19)10-8-9-15-22-21(23)24-17-20-13-6-3-7-14-20/h2-8,11-14H,9,15-17H2,1H3,(H,22,23). The maximum Gasteiger partial charge on any atom is 0.407 e. The lowest BCUT2D eigenvalue weighted by molar-refractivity contribution is 0.140. The van der Waals surface area contributed by atoms with Crippen LogP contribution in [0.1, 0.15) is 24.5 Å². The molecule has 0 aliphatic rings. The fraction of sp³-hybridized carbons (Fsp3) is 0.238. The van der Waals surface area contributed by atoms with E-state index in [4.69, 9.17) is 4.74 Å². The van der Waals surface area contributed by atoms with Crippen LogP contribution in [0, 0.1) is 0 Å². The average molecular weight is 321 g/mol. The molecule has 124 valence electrons. The summed E-state index contributed by atoms with van der Waals surface area (Å²) in [6, 6.07) is 19.9. The van der Waals surface area contributed by atoms with Gasteiger partial charge >= 0.3 is 6.09 Å². The Balaban J connectivity index is 1.64. The molecule has 2 rings (SSSR count). The van der Waals surface area contributed by atoms with Gasteiger partial charge in [-0.3, -0.25) is 0 Å². The summed E-state index contributed by atoms with van der Waals surface area (Å²) >= 11 is 0. The smallest absolute Gasteiger partial charge is 0.407 e. The number of carbonyl (C=O) groups excluding carboxylic acids is 1. The van der Waals surface area contributed by atoms with Gasteiger partial charge in [0.15, 0.2) is 0 Å². The van der Waals surface area contributed by atoms with Crippen molar-refractivity contribution in [2.24, 2.45) is 0 Å². The summed E-state index contributed by atoms with van der Waals surface area (Å²) in [5.74, 6) is 0. The normalized spacial score (nSPS) is 9.71. The van der Waals surface area contributed by atoms with E-state index in [-0.39, 0.29) is 0 Å². The van der Waals surface area contributed by atoms with Gasteiger partial charge in [-0.1, -0.05) is 60.7 Å². The van der Waals surface area contributed by atoms with E-state index in [1.165, 1.54) is 11.1 Å². The Bertz CT molecular complexity index is 686. The van der Waals surface area contributed by atoms with Crippen molar-refractivity contribution in [2.45, 2.75) is 26.4 Å². The minimum absolute atomic E-state index is 0.290. The van der Waals surface area contributed by atoms with Crippen molar-refractivity contribution in [3.05, 3.63) is 89.2 Å². The minimum atomic E-state index is -0.391. The number of amides is 1. The van der Waals surface area contributed by atoms with Crippen LogP contribution in [0.25, 0.3) is 0 Å². The van der Waals surface area contributed by atoms with Crippen molar-refractivity contribution >= 4 is 6.09 Å². The van der Waals surface area contributed by atoms with Gasteiger partial charge in [-0.2, -0.15) is 0 Å². The molecule has 0 fully saturated rings. The third-order valence-electron chi connectivity index (χ3n) is 3.43. The molecule has 0 heterocycles. The van der Waals surface area contributed by atoms with Gasteiger partial charge in [0.2, 0.25) is 0 Å². The first-order valence-corrected chi connectivity index (χ1v) is 8.13. The fourth-order valence-corrected chi connectivity index (χ4v) is 2.22. The van der Waals surface area contributed by atoms with Gasteiger partial charge in [0, 0.05) is 13.0 Å². The summed E-state index contributed by atoms with van der Waals surface area (Å²) in [6.45, 7) is 2.89. The van der Waals surface area contributed by atoms with Crippen LogP contribution < -0.4 is 5.32 Å². The van der Waals surface area contributed by atoms with Gasteiger partial charge in [-0.25, -0.2) is 4.79 Å². The van der Waals surface area contributed by atoms with Crippen LogP contribution in [0.2, 0.25) is 0 Å². The fourth-order valence-electron chi connectivity index (χ4n) is 2.22. The van der Waals surface area contributed by atoms with Crippen molar-refractivity contribution in [1.82, 2.24) is 5.32 Å². The third kappa shape index (κ3) is 6.99. The number of rotatable bonds is 7. The predicted molar refractivity (Wildman–Crippen MR) is 96.7 cm³/mol. The molecule has 0 atom stereocenters. The van der Waals surface area contributed by atoms with E-state index in [2.05, 4.69) is 30.1 Å². The van der Waals surface area contributed by atoms with Crippen molar-refractivity contribution in [1.29, 1.82) is 0 Å². The highest BCUT2D eigenvalue weighted by molar-refractivity contribution is 5.67. The molecular weight excluding hydrogens is 298 g/mol. The Morgan fingerprint density at radius 3 is 2.33 bits per heavy atom. The molecule has 0 aromatic heterocycles. The van der Waals surface area contributed by atoms with E-state index in [0.29, 0.717) is 13.2 Å². The van der Waals surface area contributed by atoms with E-state index in [0.717, 1.165) is 18.4 Å². The Morgan fingerprint density at radius 2 is 1.67 bits per heavy atom. The molecular formula is C21H23NO2. The first-order chi connectivity index (χ1) is 11.7. The molecule has 1 N–H and O–H groups in total. The monoisotopic (exact) mass is 321 g/mol. The summed E-state index contributed by atoms with van der Waals surface area (Å²) in [4.78, 5) is 11.6. The lowest BCUT2D eigenvalue weighted by Gasteiger charge is -2.05. The zero-order valence-corrected chi connectivity index (χ0v) is 14.0. The first-order valence-electron chi connectivity index (χ1n) is 8.13. The summed E-state index contributed by atoms with van der Waals surface area (Å²) < 4.78 is 5.15. The summed E-state index contributed by atoms with van der Waals surface area (Å²) in [5.41, 5.74) is 6.69. The Labute approximate surface area is 143 Å². The zero-order chi connectivity index (χ0) is 17.0. The highest BCUT2D eigenvalue weighted by atomic mass is 16.5. The maximum absolute atomic E-state index is 11.6. The van der Waals surface area contributed by atoms with E-state index in [1.54, 1.807) is 0 Å². The Kier molecular flexibility index (Phi) is 7.39. The van der Waals surface area contributed by atoms with E-state index >= 15 is 0 Å². The second-order valence-corrected chi connectivity index (χ2v) is 5.57. The van der Waals surface area contributed by atoms with Crippen LogP contribution in [0.5, 0.6) is 0 Å². The lowest BCUT2D eigenvalue weighted by Crippen LogP contribution is -2.24. The molecule has 0 bridgehead atoms. The third-order valence-corrected chi connectivity index (χ3v) is 3.43. The van der Waals surface area contributed by atoms with Crippen molar-refractivity contribution < 1.29 is 9.53 Å². The minimum Gasteiger partial charge on any atom is -0.445 e. The van der Waals surface area contributed by atoms with Crippen LogP contribution >= 0.6 is 0 Å². The van der Waals surface area contributed by atoms with Crippen LogP contribution in [0.3, 0.4) is 0 Å². The van der Waals surface area contributed by atoms with Gasteiger partial charge in [-0.15, -0.1) is 5.73 Å². The lowest BCUT2D eigenvalue weighted by atomic mass is 10.1. The molecule has 2 aromatic carbocycles. The summed E-state index contributed by atoms with van der Waals surface area (Å²) in [7, 11) is 0. The van der Waals surface area contributed by atoms with Crippen molar-refractivity contribution in [2.75, 3.05) is 6.54 Å². The topological polar surface area (TPSA) is 38.3 Å². The summed E-state index contributed by atoms with van der Waals surface area (Å²) in [5, 5.41) is 2.73. The van der Waals surface area contributed by atoms with Gasteiger partial charge in [0.05, 0.1) is 0 Å². The molecule has 3 nitrogen and oxygen atoms in total. The van der Waals surface area contributed by atoms with Crippen molar-refractivity contribution in [3.63, 3.8) is 0 Å². The molecule has 0 saturated carbocycles. The number of nitrogens with one attached hydrogen (secondary N) is 1. The molecule has 0 aliphatic heterocycles. The zero-order valence-electron chi connectivity index (χ0n) is 14.0. The first kappa shape index (κ1) is 17.6. The number of hydrogen-bond donors (Lipinski definition) is 1. The quantitative estimate of drug-likeness (QED) is 0.595. The van der Waals surface area contributed by atoms with E-state index in [1.807, 2.05) is 54.6 Å². The van der Waals surface area contributed by atoms with Crippen LogP contribution in [-0.4, -0.2) is 12.6 Å². The molecule has 24 heavy (non-hydrogen) atoms. The van der Waals surface area contributed by atoms with E-state index in [9.17, 15) is 4.79 Å². The van der Waals surface area contributed by atoms with Gasteiger partial charge in [0.1, 0.15) is 6.61 Å². The van der Waals surface area contributed by atoms with E-state index < -0.39 is 6.09 Å². The number of carbonyl (C=O) groups is 1. The summed E-state index contributed by atoms with van der Waals surface area (Å²) in [6.07, 6.45) is 3.18. The van der Waals surface area contributed by atoms with Gasteiger partial charge in [-0.05, 0) is 36.1 Å². The molecule has 0 aliphatic carbocycles. The Hall–Kier alpha value is -2.77. The molecule has 0 saturated heterocycles.